The zero-order valence-corrected chi connectivity index (χ0v) is 18.0. The molecule has 0 amide bonds. The van der Waals surface area contributed by atoms with Gasteiger partial charge in [0.05, 0.1) is 11.3 Å². The van der Waals surface area contributed by atoms with Gasteiger partial charge in [-0.3, -0.25) is 0 Å². The highest BCUT2D eigenvalue weighted by molar-refractivity contribution is 5.66. The minimum Gasteiger partial charge on any atom is -0.474 e. The van der Waals surface area contributed by atoms with Crippen molar-refractivity contribution in [3.05, 3.63) is 59.8 Å². The Morgan fingerprint density at radius 3 is 2.35 bits per heavy atom. The number of hydrogen-bond acceptors (Lipinski definition) is 6. The average molecular weight is 481 g/mol. The van der Waals surface area contributed by atoms with Crippen LogP contribution in [0.3, 0.4) is 0 Å². The molecule has 180 valence electrons. The minimum atomic E-state index is -4.43. The number of nitrogens with zero attached hydrogens (tertiary/aromatic N) is 5. The lowest BCUT2D eigenvalue weighted by Gasteiger charge is -2.32. The van der Waals surface area contributed by atoms with E-state index in [9.17, 15) is 22.0 Å². The number of piperidine rings is 1. The molecule has 7 nitrogen and oxygen atoms in total. The van der Waals surface area contributed by atoms with E-state index in [1.165, 1.54) is 24.2 Å². The van der Waals surface area contributed by atoms with Crippen LogP contribution < -0.4 is 9.64 Å². The van der Waals surface area contributed by atoms with Crippen LogP contribution in [0.1, 0.15) is 18.4 Å². The van der Waals surface area contributed by atoms with Gasteiger partial charge in [0.1, 0.15) is 30.7 Å². The maximum absolute atomic E-state index is 13.6. The standard InChI is InChI=1S/C22H20F5N5O2/c1-33-29-13-32-21(11-19(30-32)14-8-16(23)10-17(24)9-14)34-18-4-6-31(7-5-18)20-3-2-15(12-28-20)22(25,26)27/h2-3,8-13,18H,4-7H2,1H3/b29-13+. The van der Waals surface area contributed by atoms with Gasteiger partial charge in [0.25, 0.3) is 0 Å². The van der Waals surface area contributed by atoms with Gasteiger partial charge in [-0.25, -0.2) is 13.8 Å². The molecule has 0 spiro atoms. The summed E-state index contributed by atoms with van der Waals surface area (Å²) >= 11 is 0. The molecule has 1 aliphatic rings. The summed E-state index contributed by atoms with van der Waals surface area (Å²) in [5.41, 5.74) is -0.285. The van der Waals surface area contributed by atoms with Crippen LogP contribution in [0, 0.1) is 11.6 Å². The molecule has 12 heteroatoms. The Morgan fingerprint density at radius 1 is 1.06 bits per heavy atom. The number of halogens is 5. The number of hydrogen-bond donors (Lipinski definition) is 0. The zero-order chi connectivity index (χ0) is 24.3. The molecule has 3 aromatic rings. The number of anilines is 1. The van der Waals surface area contributed by atoms with Gasteiger partial charge in [-0.2, -0.15) is 23.0 Å². The smallest absolute Gasteiger partial charge is 0.417 e. The first kappa shape index (κ1) is 23.5. The van der Waals surface area contributed by atoms with Crippen LogP contribution in [0.4, 0.5) is 27.8 Å². The van der Waals surface area contributed by atoms with E-state index in [0.29, 0.717) is 37.6 Å². The van der Waals surface area contributed by atoms with Gasteiger partial charge in [0.15, 0.2) is 6.34 Å². The van der Waals surface area contributed by atoms with Gasteiger partial charge in [-0.15, -0.1) is 0 Å². The Balaban J connectivity index is 1.45. The van der Waals surface area contributed by atoms with Crippen molar-refractivity contribution in [3.8, 4) is 17.1 Å². The second-order valence-corrected chi connectivity index (χ2v) is 7.58. The van der Waals surface area contributed by atoms with E-state index in [-0.39, 0.29) is 17.4 Å². The van der Waals surface area contributed by atoms with Crippen molar-refractivity contribution in [2.75, 3.05) is 25.1 Å². The average Bonchev–Trinajstić information content (AvgIpc) is 3.20. The zero-order valence-electron chi connectivity index (χ0n) is 18.0. The molecule has 0 atom stereocenters. The van der Waals surface area contributed by atoms with Crippen molar-refractivity contribution >= 4 is 12.2 Å². The maximum atomic E-state index is 13.6. The first-order valence-corrected chi connectivity index (χ1v) is 10.3. The number of rotatable bonds is 6. The lowest BCUT2D eigenvalue weighted by atomic mass is 10.1. The summed E-state index contributed by atoms with van der Waals surface area (Å²) in [6, 6.07) is 6.98. The van der Waals surface area contributed by atoms with E-state index in [1.54, 1.807) is 6.07 Å². The Hall–Kier alpha value is -3.70. The summed E-state index contributed by atoms with van der Waals surface area (Å²) in [4.78, 5) is 10.5. The summed E-state index contributed by atoms with van der Waals surface area (Å²) in [6.45, 7) is 1.04. The van der Waals surface area contributed by atoms with E-state index in [1.807, 2.05) is 4.90 Å². The molecular weight excluding hydrogens is 461 g/mol. The molecule has 0 radical (unpaired) electrons. The molecule has 0 unspecified atom stereocenters. The third-order valence-corrected chi connectivity index (χ3v) is 5.25. The van der Waals surface area contributed by atoms with Crippen molar-refractivity contribution in [2.45, 2.75) is 25.1 Å². The molecule has 0 bridgehead atoms. The number of ether oxygens (including phenoxy) is 1. The summed E-state index contributed by atoms with van der Waals surface area (Å²) < 4.78 is 72.9. The summed E-state index contributed by atoms with van der Waals surface area (Å²) in [7, 11) is 1.36. The van der Waals surface area contributed by atoms with E-state index >= 15 is 0 Å². The second-order valence-electron chi connectivity index (χ2n) is 7.58. The quantitative estimate of drug-likeness (QED) is 0.221. The normalized spacial score (nSPS) is 15.2. The van der Waals surface area contributed by atoms with Gasteiger partial charge in [-0.05, 0) is 24.3 Å². The van der Waals surface area contributed by atoms with Crippen molar-refractivity contribution in [3.63, 3.8) is 0 Å². The molecule has 1 saturated heterocycles. The van der Waals surface area contributed by atoms with Gasteiger partial charge in [-0.1, -0.05) is 5.16 Å². The molecule has 1 aliphatic heterocycles. The van der Waals surface area contributed by atoms with Crippen molar-refractivity contribution in [1.29, 1.82) is 0 Å². The van der Waals surface area contributed by atoms with Crippen LogP contribution in [0.15, 0.2) is 47.8 Å². The second kappa shape index (κ2) is 9.65. The fourth-order valence-electron chi connectivity index (χ4n) is 3.60. The molecule has 1 fully saturated rings. The first-order chi connectivity index (χ1) is 16.2. The van der Waals surface area contributed by atoms with Gasteiger partial charge in [0, 0.05) is 49.8 Å². The fraction of sp³-hybridized carbons (Fsp3) is 0.318. The predicted molar refractivity (Wildman–Crippen MR) is 114 cm³/mol. The number of pyridine rings is 1. The van der Waals surface area contributed by atoms with E-state index in [2.05, 4.69) is 20.1 Å². The van der Waals surface area contributed by atoms with Crippen LogP contribution in [0.5, 0.6) is 5.88 Å². The molecule has 34 heavy (non-hydrogen) atoms. The Labute approximate surface area is 191 Å². The Morgan fingerprint density at radius 2 is 1.76 bits per heavy atom. The van der Waals surface area contributed by atoms with Crippen LogP contribution in [-0.2, 0) is 11.0 Å². The summed E-state index contributed by atoms with van der Waals surface area (Å²) in [5, 5.41) is 7.94. The maximum Gasteiger partial charge on any atom is 0.417 e. The van der Waals surface area contributed by atoms with Crippen molar-refractivity contribution < 1.29 is 31.5 Å². The first-order valence-electron chi connectivity index (χ1n) is 10.3. The van der Waals surface area contributed by atoms with Crippen molar-refractivity contribution in [1.82, 2.24) is 14.8 Å². The molecule has 0 saturated carbocycles. The van der Waals surface area contributed by atoms with Crippen LogP contribution in [-0.4, -0.2) is 47.4 Å². The van der Waals surface area contributed by atoms with Crippen LogP contribution in [0.2, 0.25) is 0 Å². The Kier molecular flexibility index (Phi) is 6.66. The van der Waals surface area contributed by atoms with Crippen LogP contribution >= 0.6 is 0 Å². The fourth-order valence-corrected chi connectivity index (χ4v) is 3.60. The number of benzene rings is 1. The van der Waals surface area contributed by atoms with E-state index in [4.69, 9.17) is 4.74 Å². The summed E-state index contributed by atoms with van der Waals surface area (Å²) in [6.07, 6.45) is -1.44. The third kappa shape index (κ3) is 5.43. The molecule has 0 aliphatic carbocycles. The van der Waals surface area contributed by atoms with Crippen LogP contribution in [0.25, 0.3) is 11.3 Å². The number of alkyl halides is 3. The molecule has 3 heterocycles. The highest BCUT2D eigenvalue weighted by atomic mass is 19.4. The SMILES string of the molecule is CO/N=C/n1nc(-c2cc(F)cc(F)c2)cc1OC1CCN(c2ccc(C(F)(F)F)cn2)CC1. The lowest BCUT2D eigenvalue weighted by molar-refractivity contribution is -0.137. The number of oxime groups is 1. The largest absolute Gasteiger partial charge is 0.474 e. The van der Waals surface area contributed by atoms with Gasteiger partial charge in [0.2, 0.25) is 5.88 Å². The monoisotopic (exact) mass is 481 g/mol. The van der Waals surface area contributed by atoms with E-state index in [0.717, 1.165) is 30.5 Å². The summed E-state index contributed by atoms with van der Waals surface area (Å²) in [5.74, 6) is -0.714. The predicted octanol–water partition coefficient (Wildman–Crippen LogP) is 4.73. The highest BCUT2D eigenvalue weighted by Gasteiger charge is 2.31. The topological polar surface area (TPSA) is 64.8 Å². The molecule has 2 aromatic heterocycles. The van der Waals surface area contributed by atoms with E-state index < -0.39 is 23.4 Å². The lowest BCUT2D eigenvalue weighted by Crippen LogP contribution is -2.39. The van der Waals surface area contributed by atoms with Gasteiger partial charge >= 0.3 is 6.18 Å². The molecular formula is C22H20F5N5O2. The Bertz CT molecular complexity index is 1140. The highest BCUT2D eigenvalue weighted by Crippen LogP contribution is 2.31. The molecule has 1 aromatic carbocycles. The van der Waals surface area contributed by atoms with Gasteiger partial charge < -0.3 is 14.5 Å². The minimum absolute atomic E-state index is 0.228. The van der Waals surface area contributed by atoms with Crippen molar-refractivity contribution in [2.24, 2.45) is 5.16 Å². The number of aromatic nitrogens is 3. The molecule has 0 N–H and O–H groups in total. The third-order valence-electron chi connectivity index (χ3n) is 5.25. The molecule has 4 rings (SSSR count).